The molecule has 0 aromatic heterocycles. The molecule has 0 spiro atoms. The zero-order chi connectivity index (χ0) is 24.4. The van der Waals surface area contributed by atoms with Gasteiger partial charge in [0.1, 0.15) is 17.5 Å². The smallest absolute Gasteiger partial charge is 0.261 e. The lowest BCUT2D eigenvalue weighted by Gasteiger charge is -2.30. The van der Waals surface area contributed by atoms with Gasteiger partial charge in [0, 0.05) is 13.1 Å². The molecule has 0 aliphatic carbocycles. The van der Waals surface area contributed by atoms with Crippen LogP contribution >= 0.6 is 0 Å². The van der Waals surface area contributed by atoms with E-state index in [4.69, 9.17) is 9.47 Å². The van der Waals surface area contributed by atoms with E-state index in [9.17, 15) is 9.59 Å². The molecule has 0 fully saturated rings. The summed E-state index contributed by atoms with van der Waals surface area (Å²) in [5, 5.41) is 2.92. The SMILES string of the molecule is CCCNC(=O)C(CC)N(Cc1ccc(OC)cc1)C(=O)COc1ccc(C(C)(C)C)cc1. The molecule has 0 heterocycles. The van der Waals surface area contributed by atoms with Gasteiger partial charge < -0.3 is 19.7 Å². The predicted molar refractivity (Wildman–Crippen MR) is 132 cm³/mol. The molecular weight excluding hydrogens is 416 g/mol. The third-order valence-corrected chi connectivity index (χ3v) is 5.53. The molecule has 1 N–H and O–H groups in total. The molecule has 2 aromatic rings. The third kappa shape index (κ3) is 7.81. The van der Waals surface area contributed by atoms with Crippen molar-refractivity contribution in [3.8, 4) is 11.5 Å². The lowest BCUT2D eigenvalue weighted by molar-refractivity contribution is -0.143. The summed E-state index contributed by atoms with van der Waals surface area (Å²) in [4.78, 5) is 27.7. The van der Waals surface area contributed by atoms with E-state index in [0.717, 1.165) is 17.7 Å². The van der Waals surface area contributed by atoms with Gasteiger partial charge in [0.25, 0.3) is 5.91 Å². The van der Waals surface area contributed by atoms with Gasteiger partial charge in [0.05, 0.1) is 7.11 Å². The number of hydrogen-bond donors (Lipinski definition) is 1. The van der Waals surface area contributed by atoms with Gasteiger partial charge >= 0.3 is 0 Å². The summed E-state index contributed by atoms with van der Waals surface area (Å²) in [6.07, 6.45) is 1.35. The van der Waals surface area contributed by atoms with Crippen molar-refractivity contribution in [1.82, 2.24) is 10.2 Å². The van der Waals surface area contributed by atoms with Crippen LogP contribution in [0.15, 0.2) is 48.5 Å². The van der Waals surface area contributed by atoms with Crippen molar-refractivity contribution < 1.29 is 19.1 Å². The summed E-state index contributed by atoms with van der Waals surface area (Å²) in [5.41, 5.74) is 2.16. The van der Waals surface area contributed by atoms with Gasteiger partial charge in [-0.05, 0) is 53.6 Å². The second kappa shape index (κ2) is 12.3. The monoisotopic (exact) mass is 454 g/mol. The lowest BCUT2D eigenvalue weighted by Crippen LogP contribution is -2.50. The van der Waals surface area contributed by atoms with Crippen molar-refractivity contribution in [3.63, 3.8) is 0 Å². The summed E-state index contributed by atoms with van der Waals surface area (Å²) in [6, 6.07) is 14.7. The van der Waals surface area contributed by atoms with Crippen molar-refractivity contribution in [1.29, 1.82) is 0 Å². The minimum absolute atomic E-state index is 0.0453. The molecule has 6 nitrogen and oxygen atoms in total. The van der Waals surface area contributed by atoms with Gasteiger partial charge in [-0.3, -0.25) is 9.59 Å². The molecule has 33 heavy (non-hydrogen) atoms. The first-order chi connectivity index (χ1) is 15.7. The molecule has 0 bridgehead atoms. The quantitative estimate of drug-likeness (QED) is 0.534. The molecule has 2 aromatic carbocycles. The van der Waals surface area contributed by atoms with Crippen LogP contribution in [0.2, 0.25) is 0 Å². The summed E-state index contributed by atoms with van der Waals surface area (Å²) < 4.78 is 11.0. The molecule has 0 radical (unpaired) electrons. The van der Waals surface area contributed by atoms with Crippen LogP contribution in [0, 0.1) is 0 Å². The van der Waals surface area contributed by atoms with Gasteiger partial charge in [-0.15, -0.1) is 0 Å². The Labute approximate surface area is 198 Å². The molecule has 2 amide bonds. The Morgan fingerprint density at radius 1 is 0.970 bits per heavy atom. The highest BCUT2D eigenvalue weighted by Gasteiger charge is 2.28. The molecule has 6 heteroatoms. The van der Waals surface area contributed by atoms with Crippen molar-refractivity contribution in [2.45, 2.75) is 65.5 Å². The number of rotatable bonds is 11. The fraction of sp³-hybridized carbons (Fsp3) is 0.481. The number of carbonyl (C=O) groups is 2. The largest absolute Gasteiger partial charge is 0.497 e. The molecule has 0 saturated carbocycles. The highest BCUT2D eigenvalue weighted by molar-refractivity contribution is 5.88. The van der Waals surface area contributed by atoms with E-state index in [1.54, 1.807) is 12.0 Å². The van der Waals surface area contributed by atoms with Crippen molar-refractivity contribution in [3.05, 3.63) is 59.7 Å². The zero-order valence-corrected chi connectivity index (χ0v) is 20.8. The fourth-order valence-electron chi connectivity index (χ4n) is 3.49. The Balaban J connectivity index is 2.17. The number of ether oxygens (including phenoxy) is 2. The normalized spacial score (nSPS) is 12.1. The first-order valence-corrected chi connectivity index (χ1v) is 11.6. The lowest BCUT2D eigenvalue weighted by atomic mass is 9.87. The number of nitrogens with zero attached hydrogens (tertiary/aromatic N) is 1. The predicted octanol–water partition coefficient (Wildman–Crippen LogP) is 4.71. The van der Waals surface area contributed by atoms with Crippen LogP contribution < -0.4 is 14.8 Å². The van der Waals surface area contributed by atoms with Crippen LogP contribution in [0.4, 0.5) is 0 Å². The Bertz CT molecular complexity index is 886. The fourth-order valence-corrected chi connectivity index (χ4v) is 3.49. The first-order valence-electron chi connectivity index (χ1n) is 11.6. The highest BCUT2D eigenvalue weighted by atomic mass is 16.5. The second-order valence-electron chi connectivity index (χ2n) is 9.15. The van der Waals surface area contributed by atoms with Gasteiger partial charge in [-0.25, -0.2) is 0 Å². The summed E-state index contributed by atoms with van der Waals surface area (Å²) in [7, 11) is 1.61. The molecule has 180 valence electrons. The number of methoxy groups -OCH3 is 1. The van der Waals surface area contributed by atoms with E-state index >= 15 is 0 Å². The summed E-state index contributed by atoms with van der Waals surface area (Å²) in [5.74, 6) is 0.996. The Morgan fingerprint density at radius 3 is 2.09 bits per heavy atom. The zero-order valence-electron chi connectivity index (χ0n) is 20.8. The van der Waals surface area contributed by atoms with Crippen LogP contribution in [-0.4, -0.2) is 43.0 Å². The van der Waals surface area contributed by atoms with Gasteiger partial charge in [0.15, 0.2) is 6.61 Å². The van der Waals surface area contributed by atoms with Gasteiger partial charge in [-0.2, -0.15) is 0 Å². The van der Waals surface area contributed by atoms with Crippen LogP contribution in [0.5, 0.6) is 11.5 Å². The van der Waals surface area contributed by atoms with E-state index in [1.165, 1.54) is 5.56 Å². The number of benzene rings is 2. The Morgan fingerprint density at radius 2 is 1.58 bits per heavy atom. The molecular formula is C27H38N2O4. The Hall–Kier alpha value is -3.02. The standard InChI is InChI=1S/C27H38N2O4/c1-7-17-28-26(31)24(8-2)29(18-20-9-13-22(32-6)14-10-20)25(30)19-33-23-15-11-21(12-16-23)27(3,4)5/h9-16,24H,7-8,17-19H2,1-6H3,(H,28,31). The first kappa shape index (κ1) is 26.2. The molecule has 1 atom stereocenters. The number of amides is 2. The molecule has 2 rings (SSSR count). The topological polar surface area (TPSA) is 67.9 Å². The van der Waals surface area contributed by atoms with E-state index in [0.29, 0.717) is 25.3 Å². The number of carbonyl (C=O) groups excluding carboxylic acids is 2. The number of hydrogen-bond acceptors (Lipinski definition) is 4. The van der Waals surface area contributed by atoms with Gasteiger partial charge in [-0.1, -0.05) is 58.9 Å². The maximum Gasteiger partial charge on any atom is 0.261 e. The summed E-state index contributed by atoms with van der Waals surface area (Å²) >= 11 is 0. The highest BCUT2D eigenvalue weighted by Crippen LogP contribution is 2.24. The average Bonchev–Trinajstić information content (AvgIpc) is 2.81. The van der Waals surface area contributed by atoms with Crippen LogP contribution in [0.25, 0.3) is 0 Å². The number of nitrogens with one attached hydrogen (secondary N) is 1. The molecule has 0 saturated heterocycles. The van der Waals surface area contributed by atoms with Crippen LogP contribution in [0.3, 0.4) is 0 Å². The van der Waals surface area contributed by atoms with Gasteiger partial charge in [0.2, 0.25) is 5.91 Å². The minimum Gasteiger partial charge on any atom is -0.497 e. The molecule has 0 aliphatic heterocycles. The van der Waals surface area contributed by atoms with Crippen molar-refractivity contribution in [2.75, 3.05) is 20.3 Å². The molecule has 1 unspecified atom stereocenters. The maximum absolute atomic E-state index is 13.2. The van der Waals surface area contributed by atoms with E-state index in [-0.39, 0.29) is 23.8 Å². The maximum atomic E-state index is 13.2. The summed E-state index contributed by atoms with van der Waals surface area (Å²) in [6.45, 7) is 11.1. The Kier molecular flexibility index (Phi) is 9.76. The van der Waals surface area contributed by atoms with Crippen LogP contribution in [0.1, 0.15) is 58.6 Å². The van der Waals surface area contributed by atoms with E-state index in [1.807, 2.05) is 62.4 Å². The minimum atomic E-state index is -0.571. The van der Waals surface area contributed by atoms with E-state index < -0.39 is 6.04 Å². The molecule has 0 aliphatic rings. The third-order valence-electron chi connectivity index (χ3n) is 5.53. The van der Waals surface area contributed by atoms with Crippen molar-refractivity contribution >= 4 is 11.8 Å². The van der Waals surface area contributed by atoms with Crippen LogP contribution in [-0.2, 0) is 21.5 Å². The second-order valence-corrected chi connectivity index (χ2v) is 9.15. The van der Waals surface area contributed by atoms with Crippen molar-refractivity contribution in [2.24, 2.45) is 0 Å². The van der Waals surface area contributed by atoms with E-state index in [2.05, 4.69) is 26.1 Å². The average molecular weight is 455 g/mol.